The summed E-state index contributed by atoms with van der Waals surface area (Å²) in [5.74, 6) is -0.210. The number of aromatic amines is 1. The van der Waals surface area contributed by atoms with Gasteiger partial charge in [-0.3, -0.25) is 10.1 Å². The fourth-order valence-electron chi connectivity index (χ4n) is 2.14. The zero-order valence-electron chi connectivity index (χ0n) is 11.6. The summed E-state index contributed by atoms with van der Waals surface area (Å²) in [6.07, 6.45) is 3.63. The van der Waals surface area contributed by atoms with Gasteiger partial charge in [0.25, 0.3) is 5.91 Å². The molecule has 3 rings (SSSR count). The number of carbonyl (C=O) groups is 1. The highest BCUT2D eigenvalue weighted by Gasteiger charge is 2.15. The second-order valence-electron chi connectivity index (χ2n) is 4.51. The number of H-pyrrole nitrogens is 1. The third-order valence-electron chi connectivity index (χ3n) is 3.02. The molecule has 21 heavy (non-hydrogen) atoms. The molecule has 0 spiro atoms. The molecule has 0 radical (unpaired) electrons. The number of anilines is 1. The van der Waals surface area contributed by atoms with Crippen LogP contribution in [0.5, 0.6) is 0 Å². The summed E-state index contributed by atoms with van der Waals surface area (Å²) in [6, 6.07) is 3.89. The lowest BCUT2D eigenvalue weighted by molar-refractivity contribution is -0.119. The number of hydrogen-bond acceptors (Lipinski definition) is 5. The third-order valence-corrected chi connectivity index (χ3v) is 3.91. The summed E-state index contributed by atoms with van der Waals surface area (Å²) in [4.78, 5) is 24.5. The Balaban J connectivity index is 1.96. The molecule has 6 nitrogen and oxygen atoms in total. The molecule has 3 heterocycles. The second-order valence-corrected chi connectivity index (χ2v) is 5.71. The summed E-state index contributed by atoms with van der Waals surface area (Å²) in [6.45, 7) is 2.00. The lowest BCUT2D eigenvalue weighted by Crippen LogP contribution is -2.16. The maximum Gasteiger partial charge on any atom is 0.252 e. The van der Waals surface area contributed by atoms with Crippen LogP contribution in [0.15, 0.2) is 24.5 Å². The van der Waals surface area contributed by atoms with Crippen molar-refractivity contribution in [1.82, 2.24) is 15.0 Å². The monoisotopic (exact) mass is 302 g/mol. The maximum absolute atomic E-state index is 11.5. The van der Waals surface area contributed by atoms with Gasteiger partial charge >= 0.3 is 0 Å². The van der Waals surface area contributed by atoms with Crippen molar-refractivity contribution in [3.63, 3.8) is 0 Å². The van der Waals surface area contributed by atoms with Crippen LogP contribution in [0.25, 0.3) is 22.3 Å². The quantitative estimate of drug-likeness (QED) is 0.776. The number of carbonyl (C=O) groups excluding carboxylic acids is 1. The van der Waals surface area contributed by atoms with Gasteiger partial charge in [-0.05, 0) is 19.1 Å². The number of nitrogens with one attached hydrogen (secondary N) is 2. The normalized spacial score (nSPS) is 11.0. The van der Waals surface area contributed by atoms with Crippen LogP contribution in [0.2, 0.25) is 0 Å². The highest BCUT2D eigenvalue weighted by molar-refractivity contribution is 7.16. The SMILES string of the molecule is COCC(=O)Nc1nc(-c2c[nH]c3ncccc23)c(C)s1. The Labute approximate surface area is 125 Å². The number of nitrogens with zero attached hydrogens (tertiary/aromatic N) is 2. The van der Waals surface area contributed by atoms with E-state index in [-0.39, 0.29) is 12.5 Å². The topological polar surface area (TPSA) is 79.9 Å². The number of methoxy groups -OCH3 is 1. The van der Waals surface area contributed by atoms with Crippen molar-refractivity contribution in [2.75, 3.05) is 19.0 Å². The third kappa shape index (κ3) is 2.65. The number of rotatable bonds is 4. The lowest BCUT2D eigenvalue weighted by atomic mass is 10.1. The van der Waals surface area contributed by atoms with E-state index in [0.29, 0.717) is 5.13 Å². The molecule has 0 saturated heterocycles. The first-order valence-corrected chi connectivity index (χ1v) is 7.19. The first-order chi connectivity index (χ1) is 10.2. The standard InChI is InChI=1S/C14H14N4O2S/c1-8-12(18-14(21-8)17-11(19)7-20-2)10-6-16-13-9(10)4-3-5-15-13/h3-6H,7H2,1-2H3,(H,15,16)(H,17,18,19). The number of amides is 1. The van der Waals surface area contributed by atoms with Crippen molar-refractivity contribution in [3.05, 3.63) is 29.4 Å². The average molecular weight is 302 g/mol. The van der Waals surface area contributed by atoms with E-state index in [9.17, 15) is 4.79 Å². The van der Waals surface area contributed by atoms with E-state index < -0.39 is 0 Å². The summed E-state index contributed by atoms with van der Waals surface area (Å²) in [7, 11) is 1.48. The number of thiazole rings is 1. The molecule has 0 saturated carbocycles. The van der Waals surface area contributed by atoms with Gasteiger partial charge in [0, 0.05) is 35.3 Å². The first-order valence-electron chi connectivity index (χ1n) is 6.37. The van der Waals surface area contributed by atoms with Crippen LogP contribution in [0, 0.1) is 6.92 Å². The fourth-order valence-corrected chi connectivity index (χ4v) is 2.98. The number of hydrogen-bond donors (Lipinski definition) is 2. The lowest BCUT2D eigenvalue weighted by Gasteiger charge is -1.99. The summed E-state index contributed by atoms with van der Waals surface area (Å²) < 4.78 is 4.79. The van der Waals surface area contributed by atoms with Gasteiger partial charge in [0.05, 0.1) is 5.69 Å². The number of fused-ring (bicyclic) bond motifs is 1. The Hall–Kier alpha value is -2.25. The van der Waals surface area contributed by atoms with Crippen LogP contribution in [0.1, 0.15) is 4.88 Å². The zero-order chi connectivity index (χ0) is 14.8. The molecule has 0 fully saturated rings. The molecule has 0 unspecified atom stereocenters. The minimum Gasteiger partial charge on any atom is -0.375 e. The molecule has 0 aliphatic heterocycles. The van der Waals surface area contributed by atoms with Crippen LogP contribution < -0.4 is 5.32 Å². The molecule has 108 valence electrons. The van der Waals surface area contributed by atoms with Gasteiger partial charge in [-0.25, -0.2) is 9.97 Å². The Morgan fingerprint density at radius 3 is 3.19 bits per heavy atom. The minimum atomic E-state index is -0.210. The van der Waals surface area contributed by atoms with Gasteiger partial charge in [-0.2, -0.15) is 0 Å². The van der Waals surface area contributed by atoms with Crippen molar-refractivity contribution in [2.24, 2.45) is 0 Å². The van der Waals surface area contributed by atoms with Crippen molar-refractivity contribution in [1.29, 1.82) is 0 Å². The molecule has 0 aromatic carbocycles. The van der Waals surface area contributed by atoms with Crippen molar-refractivity contribution < 1.29 is 9.53 Å². The summed E-state index contributed by atoms with van der Waals surface area (Å²) in [5, 5.41) is 4.32. The number of aryl methyl sites for hydroxylation is 1. The number of aromatic nitrogens is 3. The summed E-state index contributed by atoms with van der Waals surface area (Å²) in [5.41, 5.74) is 2.66. The van der Waals surface area contributed by atoms with Crippen LogP contribution in [0.3, 0.4) is 0 Å². The molecule has 0 aliphatic rings. The first kappa shape index (κ1) is 13.7. The minimum absolute atomic E-state index is 0.0188. The fraction of sp³-hybridized carbons (Fsp3) is 0.214. The van der Waals surface area contributed by atoms with Crippen molar-refractivity contribution in [3.8, 4) is 11.3 Å². The Bertz CT molecular complexity index is 793. The second kappa shape index (κ2) is 5.63. The van der Waals surface area contributed by atoms with Gasteiger partial charge in [0.15, 0.2) is 5.13 Å². The highest BCUT2D eigenvalue weighted by Crippen LogP contribution is 2.34. The van der Waals surface area contributed by atoms with E-state index in [1.165, 1.54) is 18.4 Å². The summed E-state index contributed by atoms with van der Waals surface area (Å²) >= 11 is 1.44. The van der Waals surface area contributed by atoms with Crippen LogP contribution in [0.4, 0.5) is 5.13 Å². The molecule has 0 atom stereocenters. The van der Waals surface area contributed by atoms with Gasteiger partial charge in [0.2, 0.25) is 0 Å². The molecule has 3 aromatic rings. The predicted molar refractivity (Wildman–Crippen MR) is 82.4 cm³/mol. The predicted octanol–water partition coefficient (Wildman–Crippen LogP) is 2.58. The zero-order valence-corrected chi connectivity index (χ0v) is 12.5. The number of pyridine rings is 1. The van der Waals surface area contributed by atoms with Crippen LogP contribution in [-0.4, -0.2) is 34.6 Å². The van der Waals surface area contributed by atoms with Gasteiger partial charge in [0.1, 0.15) is 12.3 Å². The average Bonchev–Trinajstić information content (AvgIpc) is 3.02. The molecule has 3 aromatic heterocycles. The van der Waals surface area contributed by atoms with E-state index in [1.807, 2.05) is 25.3 Å². The Kier molecular flexibility index (Phi) is 3.68. The molecule has 7 heteroatoms. The maximum atomic E-state index is 11.5. The molecule has 2 N–H and O–H groups in total. The van der Waals surface area contributed by atoms with Gasteiger partial charge in [-0.1, -0.05) is 0 Å². The smallest absolute Gasteiger partial charge is 0.252 e. The largest absolute Gasteiger partial charge is 0.375 e. The van der Waals surface area contributed by atoms with Crippen LogP contribution >= 0.6 is 11.3 Å². The Morgan fingerprint density at radius 1 is 1.52 bits per heavy atom. The van der Waals surface area contributed by atoms with E-state index in [0.717, 1.165) is 27.2 Å². The molecular weight excluding hydrogens is 288 g/mol. The van der Waals surface area contributed by atoms with E-state index in [4.69, 9.17) is 4.74 Å². The van der Waals surface area contributed by atoms with E-state index >= 15 is 0 Å². The van der Waals surface area contributed by atoms with Crippen molar-refractivity contribution in [2.45, 2.75) is 6.92 Å². The van der Waals surface area contributed by atoms with E-state index in [2.05, 4.69) is 20.3 Å². The van der Waals surface area contributed by atoms with Gasteiger partial charge < -0.3 is 9.72 Å². The van der Waals surface area contributed by atoms with Gasteiger partial charge in [-0.15, -0.1) is 11.3 Å². The molecule has 1 amide bonds. The highest BCUT2D eigenvalue weighted by atomic mass is 32.1. The van der Waals surface area contributed by atoms with Crippen LogP contribution in [-0.2, 0) is 9.53 Å². The molecular formula is C14H14N4O2S. The molecule has 0 bridgehead atoms. The molecule has 0 aliphatic carbocycles. The van der Waals surface area contributed by atoms with E-state index in [1.54, 1.807) is 6.20 Å². The Morgan fingerprint density at radius 2 is 2.38 bits per heavy atom. The number of ether oxygens (including phenoxy) is 1. The van der Waals surface area contributed by atoms with Crippen molar-refractivity contribution >= 4 is 33.4 Å².